The minimum absolute atomic E-state index is 0.228. The third-order valence-corrected chi connectivity index (χ3v) is 8.14. The number of aliphatic hydroxyl groups excluding tert-OH is 1. The first kappa shape index (κ1) is 26.7. The summed E-state index contributed by atoms with van der Waals surface area (Å²) in [5.74, 6) is -0.337. The molecule has 1 fully saturated rings. The zero-order chi connectivity index (χ0) is 25.7. The molecule has 18 nitrogen and oxygen atoms in total. The first-order chi connectivity index (χ1) is 15.5. The van der Waals surface area contributed by atoms with Crippen LogP contribution in [0.3, 0.4) is 0 Å². The average Bonchev–Trinajstić information content (AvgIpc) is 3.18. The molecule has 0 spiro atoms. The monoisotopic (exact) mass is 551 g/mol. The number of halogens is 1. The molecule has 22 heteroatoms. The Morgan fingerprint density at radius 2 is 1.94 bits per heavy atom. The van der Waals surface area contributed by atoms with E-state index >= 15 is 4.39 Å². The molecule has 0 radical (unpaired) electrons. The highest BCUT2D eigenvalue weighted by atomic mass is 31.3. The van der Waals surface area contributed by atoms with Crippen LogP contribution in [-0.2, 0) is 31.6 Å². The van der Waals surface area contributed by atoms with Crippen LogP contribution < -0.4 is 11.3 Å². The van der Waals surface area contributed by atoms with Crippen molar-refractivity contribution in [3.63, 3.8) is 0 Å². The van der Waals surface area contributed by atoms with Gasteiger partial charge in [0.25, 0.3) is 5.56 Å². The standard InChI is InChI=1S/C12H17FN5O13P3/c1-2-12(3-28-33(24,25)31-34(26,27)30-32(21,22)23)7(19)5(13)10(29-12)18-4-15-6-8(18)16-11(14)17-9(6)20/h2,4-5,7,10,19H,1,3H2,(H,24,25)(H,26,27)(H2,21,22,23)(H3,14,16,17,20)/t5-,7+,10-,12-/m1/s1. The molecule has 190 valence electrons. The largest absolute Gasteiger partial charge is 0.490 e. The number of anilines is 1. The summed E-state index contributed by atoms with van der Waals surface area (Å²) in [4.78, 5) is 57.6. The van der Waals surface area contributed by atoms with Crippen molar-refractivity contribution >= 4 is 40.6 Å². The molecule has 3 rings (SSSR count). The molecule has 2 aromatic heterocycles. The maximum atomic E-state index is 15.0. The number of hydrogen-bond acceptors (Lipinski definition) is 12. The second-order valence-electron chi connectivity index (χ2n) is 6.70. The molecule has 8 N–H and O–H groups in total. The van der Waals surface area contributed by atoms with Crippen LogP contribution in [-0.4, -0.2) is 68.7 Å². The highest BCUT2D eigenvalue weighted by Crippen LogP contribution is 2.66. The van der Waals surface area contributed by atoms with E-state index in [1.165, 1.54) is 0 Å². The summed E-state index contributed by atoms with van der Waals surface area (Å²) >= 11 is 0. The van der Waals surface area contributed by atoms with E-state index in [1.54, 1.807) is 0 Å². The van der Waals surface area contributed by atoms with E-state index in [0.717, 1.165) is 17.0 Å². The second kappa shape index (κ2) is 8.98. The van der Waals surface area contributed by atoms with Crippen molar-refractivity contribution in [3.8, 4) is 0 Å². The van der Waals surface area contributed by atoms with Crippen LogP contribution in [0.15, 0.2) is 23.8 Å². The lowest BCUT2D eigenvalue weighted by Gasteiger charge is -2.28. The summed E-state index contributed by atoms with van der Waals surface area (Å²) in [6.07, 6.45) is -4.40. The lowest BCUT2D eigenvalue weighted by molar-refractivity contribution is -0.0942. The maximum absolute atomic E-state index is 15.0. The van der Waals surface area contributed by atoms with E-state index < -0.39 is 59.7 Å². The number of aromatic amines is 1. The van der Waals surface area contributed by atoms with Gasteiger partial charge in [-0.05, 0) is 0 Å². The first-order valence-corrected chi connectivity index (χ1v) is 13.2. The number of aromatic nitrogens is 4. The van der Waals surface area contributed by atoms with Crippen LogP contribution in [0.2, 0.25) is 0 Å². The topological polar surface area (TPSA) is 279 Å². The van der Waals surface area contributed by atoms with Crippen molar-refractivity contribution in [2.45, 2.75) is 24.1 Å². The van der Waals surface area contributed by atoms with E-state index in [1.807, 2.05) is 0 Å². The Morgan fingerprint density at radius 1 is 1.29 bits per heavy atom. The van der Waals surface area contributed by atoms with Crippen molar-refractivity contribution in [1.82, 2.24) is 19.5 Å². The second-order valence-corrected chi connectivity index (χ2v) is 11.1. The fourth-order valence-electron chi connectivity index (χ4n) is 2.96. The van der Waals surface area contributed by atoms with E-state index in [2.05, 4.69) is 34.7 Å². The van der Waals surface area contributed by atoms with Gasteiger partial charge < -0.3 is 35.2 Å². The number of nitrogens with zero attached hydrogens (tertiary/aromatic N) is 3. The molecule has 0 saturated carbocycles. The molecule has 2 aromatic rings. The van der Waals surface area contributed by atoms with Crippen molar-refractivity contribution in [1.29, 1.82) is 0 Å². The number of fused-ring (bicyclic) bond motifs is 1. The Labute approximate surface area is 187 Å². The molecular formula is C12H17FN5O13P3. The van der Waals surface area contributed by atoms with Crippen molar-refractivity contribution in [2.75, 3.05) is 12.3 Å². The normalized spacial score (nSPS) is 29.1. The number of nitrogens with one attached hydrogen (secondary N) is 1. The van der Waals surface area contributed by atoms with Crippen LogP contribution in [0, 0.1) is 0 Å². The van der Waals surface area contributed by atoms with Gasteiger partial charge in [-0.1, -0.05) is 6.08 Å². The average molecular weight is 551 g/mol. The van der Waals surface area contributed by atoms with Gasteiger partial charge in [0.2, 0.25) is 5.95 Å². The van der Waals surface area contributed by atoms with Crippen molar-refractivity contribution in [3.05, 3.63) is 29.3 Å². The molecule has 0 amide bonds. The van der Waals surface area contributed by atoms with Crippen LogP contribution in [0.25, 0.3) is 11.2 Å². The van der Waals surface area contributed by atoms with Gasteiger partial charge >= 0.3 is 23.5 Å². The van der Waals surface area contributed by atoms with Crippen LogP contribution in [0.4, 0.5) is 10.3 Å². The summed E-state index contributed by atoms with van der Waals surface area (Å²) < 4.78 is 67.1. The summed E-state index contributed by atoms with van der Waals surface area (Å²) in [6, 6.07) is 0. The molecule has 1 aliphatic heterocycles. The van der Waals surface area contributed by atoms with Gasteiger partial charge in [-0.15, -0.1) is 6.58 Å². The molecular weight excluding hydrogens is 534 g/mol. The van der Waals surface area contributed by atoms with E-state index in [0.29, 0.717) is 0 Å². The smallest absolute Gasteiger partial charge is 0.386 e. The van der Waals surface area contributed by atoms with Crippen molar-refractivity contribution in [2.24, 2.45) is 0 Å². The molecule has 2 unspecified atom stereocenters. The number of aliphatic hydroxyl groups is 1. The fraction of sp³-hybridized carbons (Fsp3) is 0.417. The van der Waals surface area contributed by atoms with Crippen LogP contribution in [0.5, 0.6) is 0 Å². The number of ether oxygens (including phenoxy) is 1. The van der Waals surface area contributed by atoms with Crippen molar-refractivity contribution < 1.29 is 60.6 Å². The number of nitrogens with two attached hydrogens (primary N) is 1. The lowest BCUT2D eigenvalue weighted by Crippen LogP contribution is -2.44. The van der Waals surface area contributed by atoms with Crippen LogP contribution >= 0.6 is 23.5 Å². The van der Waals surface area contributed by atoms with E-state index in [4.69, 9.17) is 20.3 Å². The van der Waals surface area contributed by atoms with E-state index in [9.17, 15) is 33.4 Å². The SMILES string of the molecule is C=C[C@]1(COP(=O)(O)OP(=O)(O)OP(=O)(O)O)O[C@@H](n2cnc3c(=O)[nH]c(N)nc32)[C@H](F)[C@@H]1O. The highest BCUT2D eigenvalue weighted by molar-refractivity contribution is 7.66. The molecule has 0 bridgehead atoms. The zero-order valence-electron chi connectivity index (χ0n) is 16.4. The summed E-state index contributed by atoms with van der Waals surface area (Å²) in [6.45, 7) is 2.12. The molecule has 0 aromatic carbocycles. The molecule has 34 heavy (non-hydrogen) atoms. The predicted molar refractivity (Wildman–Crippen MR) is 106 cm³/mol. The van der Waals surface area contributed by atoms with Gasteiger partial charge in [-0.3, -0.25) is 18.9 Å². The molecule has 0 aliphatic carbocycles. The molecule has 6 atom stereocenters. The number of hydrogen-bond donors (Lipinski definition) is 7. The third-order valence-electron chi connectivity index (χ3n) is 4.35. The number of imidazole rings is 1. The first-order valence-electron chi connectivity index (χ1n) is 8.63. The summed E-state index contributed by atoms with van der Waals surface area (Å²) in [5, 5.41) is 10.4. The van der Waals surface area contributed by atoms with Gasteiger partial charge in [0, 0.05) is 0 Å². The van der Waals surface area contributed by atoms with Gasteiger partial charge in [-0.2, -0.15) is 13.6 Å². The number of nitrogen functional groups attached to an aromatic ring is 1. The number of phosphoric ester groups is 1. The Morgan fingerprint density at radius 3 is 2.53 bits per heavy atom. The number of H-pyrrole nitrogens is 1. The van der Waals surface area contributed by atoms with Gasteiger partial charge in [-0.25, -0.2) is 23.1 Å². The Bertz CT molecular complexity index is 1310. The molecule has 1 aliphatic rings. The minimum Gasteiger partial charge on any atom is -0.386 e. The Hall–Kier alpha value is -1.85. The fourth-order valence-corrected chi connectivity index (χ4v) is 6.02. The van der Waals surface area contributed by atoms with Gasteiger partial charge in [0.1, 0.15) is 11.7 Å². The zero-order valence-corrected chi connectivity index (χ0v) is 19.1. The maximum Gasteiger partial charge on any atom is 0.490 e. The minimum atomic E-state index is -5.81. The number of alkyl halides is 1. The Kier molecular flexibility index (Phi) is 7.07. The van der Waals surface area contributed by atoms with Gasteiger partial charge in [0.05, 0.1) is 12.9 Å². The third kappa shape index (κ3) is 5.52. The predicted octanol–water partition coefficient (Wildman–Crippen LogP) is -0.802. The van der Waals surface area contributed by atoms with Crippen LogP contribution in [0.1, 0.15) is 6.23 Å². The van der Waals surface area contributed by atoms with E-state index in [-0.39, 0.29) is 17.1 Å². The number of phosphoric acid groups is 3. The molecule has 3 heterocycles. The Balaban J connectivity index is 1.84. The molecule has 1 saturated heterocycles. The summed E-state index contributed by atoms with van der Waals surface area (Å²) in [7, 11) is -17.1. The highest BCUT2D eigenvalue weighted by Gasteiger charge is 2.56. The number of rotatable bonds is 9. The van der Waals surface area contributed by atoms with Gasteiger partial charge in [0.15, 0.2) is 23.6 Å². The quantitative estimate of drug-likeness (QED) is 0.148. The lowest BCUT2D eigenvalue weighted by atomic mass is 9.97. The summed E-state index contributed by atoms with van der Waals surface area (Å²) in [5.41, 5.74) is 1.97.